The molecule has 0 aliphatic rings. The Morgan fingerprint density at radius 2 is 1.16 bits per heavy atom. The van der Waals surface area contributed by atoms with Gasteiger partial charge in [0.25, 0.3) is 0 Å². The van der Waals surface area contributed by atoms with Crippen molar-refractivity contribution in [2.24, 2.45) is 0 Å². The van der Waals surface area contributed by atoms with Crippen LogP contribution in [0.25, 0.3) is 21.9 Å². The quantitative estimate of drug-likeness (QED) is 0.464. The second-order valence-corrected chi connectivity index (χ2v) is 5.81. The molecule has 0 aliphatic heterocycles. The Bertz CT molecular complexity index is 933. The van der Waals surface area contributed by atoms with Crippen molar-refractivity contribution in [2.75, 3.05) is 0 Å². The average molecular weight is 334 g/mol. The van der Waals surface area contributed by atoms with E-state index in [9.17, 15) is 0 Å². The van der Waals surface area contributed by atoms with Crippen LogP contribution in [-0.2, 0) is 12.8 Å². The Balaban J connectivity index is 1.59. The summed E-state index contributed by atoms with van der Waals surface area (Å²) >= 11 is 0. The zero-order chi connectivity index (χ0) is 17.2. The van der Waals surface area contributed by atoms with Gasteiger partial charge in [0.05, 0.1) is 10.8 Å². The van der Waals surface area contributed by atoms with Crippen LogP contribution in [0.1, 0.15) is 25.4 Å². The Labute approximate surface area is 146 Å². The SMILES string of the molecule is CCc1oc2ccccc2c1OBOc1c(CC)oc2ccccc12. The number of aryl methyl sites for hydroxylation is 2. The van der Waals surface area contributed by atoms with Gasteiger partial charge in [-0.05, 0) is 24.3 Å². The monoisotopic (exact) mass is 334 g/mol. The van der Waals surface area contributed by atoms with Crippen molar-refractivity contribution < 1.29 is 18.1 Å². The highest BCUT2D eigenvalue weighted by Crippen LogP contribution is 2.35. The van der Waals surface area contributed by atoms with Crippen molar-refractivity contribution in [3.63, 3.8) is 0 Å². The number of hydrogen-bond donors (Lipinski definition) is 0. The number of benzene rings is 2. The lowest BCUT2D eigenvalue weighted by Gasteiger charge is -2.07. The fourth-order valence-corrected chi connectivity index (χ4v) is 3.07. The molecule has 2 aromatic carbocycles. The maximum atomic E-state index is 5.95. The molecule has 0 N–H and O–H groups in total. The fraction of sp³-hybridized carbons (Fsp3) is 0.200. The van der Waals surface area contributed by atoms with E-state index in [1.807, 2.05) is 62.4 Å². The third-order valence-corrected chi connectivity index (χ3v) is 4.28. The first kappa shape index (κ1) is 15.7. The van der Waals surface area contributed by atoms with Crippen LogP contribution in [0.2, 0.25) is 0 Å². The largest absolute Gasteiger partial charge is 0.576 e. The van der Waals surface area contributed by atoms with E-state index >= 15 is 0 Å². The van der Waals surface area contributed by atoms with Gasteiger partial charge in [-0.25, -0.2) is 0 Å². The molecule has 4 aromatic rings. The van der Waals surface area contributed by atoms with E-state index in [4.69, 9.17) is 18.1 Å². The molecule has 4 nitrogen and oxygen atoms in total. The molecule has 25 heavy (non-hydrogen) atoms. The summed E-state index contributed by atoms with van der Waals surface area (Å²) in [5.41, 5.74) is 1.66. The van der Waals surface area contributed by atoms with Gasteiger partial charge < -0.3 is 18.1 Å². The molecule has 2 aromatic heterocycles. The van der Waals surface area contributed by atoms with Gasteiger partial charge in [-0.3, -0.25) is 0 Å². The molecule has 0 bridgehead atoms. The van der Waals surface area contributed by atoms with Crippen molar-refractivity contribution >= 4 is 29.6 Å². The molecule has 5 heteroatoms. The second-order valence-electron chi connectivity index (χ2n) is 5.81. The average Bonchev–Trinajstić information content (AvgIpc) is 3.20. The first-order valence-corrected chi connectivity index (χ1v) is 8.58. The minimum Gasteiger partial charge on any atom is -0.526 e. The summed E-state index contributed by atoms with van der Waals surface area (Å²) in [4.78, 5) is 0. The normalized spacial score (nSPS) is 11.1. The molecular formula is C20H19BO4. The predicted molar refractivity (Wildman–Crippen MR) is 99.6 cm³/mol. The van der Waals surface area contributed by atoms with Gasteiger partial charge in [-0.1, -0.05) is 38.1 Å². The van der Waals surface area contributed by atoms with Crippen molar-refractivity contribution in [1.82, 2.24) is 0 Å². The van der Waals surface area contributed by atoms with E-state index in [0.717, 1.165) is 57.8 Å². The first-order valence-electron chi connectivity index (χ1n) is 8.58. The molecular weight excluding hydrogens is 315 g/mol. The molecule has 2 heterocycles. The van der Waals surface area contributed by atoms with E-state index in [2.05, 4.69) is 0 Å². The third-order valence-electron chi connectivity index (χ3n) is 4.28. The van der Waals surface area contributed by atoms with E-state index in [1.54, 1.807) is 0 Å². The Morgan fingerprint density at radius 3 is 1.60 bits per heavy atom. The first-order chi connectivity index (χ1) is 12.3. The van der Waals surface area contributed by atoms with Gasteiger partial charge in [-0.15, -0.1) is 0 Å². The summed E-state index contributed by atoms with van der Waals surface area (Å²) in [6, 6.07) is 15.7. The molecule has 0 saturated heterocycles. The highest BCUT2D eigenvalue weighted by Gasteiger charge is 2.18. The van der Waals surface area contributed by atoms with Gasteiger partial charge in [-0.2, -0.15) is 0 Å². The van der Waals surface area contributed by atoms with Gasteiger partial charge in [0.15, 0.2) is 11.5 Å². The van der Waals surface area contributed by atoms with E-state index < -0.39 is 0 Å². The molecule has 0 unspecified atom stereocenters. The van der Waals surface area contributed by atoms with Gasteiger partial charge >= 0.3 is 7.69 Å². The van der Waals surface area contributed by atoms with Crippen LogP contribution in [0.15, 0.2) is 57.4 Å². The van der Waals surface area contributed by atoms with Crippen LogP contribution in [-0.4, -0.2) is 7.69 Å². The zero-order valence-corrected chi connectivity index (χ0v) is 14.4. The smallest absolute Gasteiger partial charge is 0.526 e. The molecule has 0 aliphatic carbocycles. The highest BCUT2D eigenvalue weighted by atomic mass is 16.6. The van der Waals surface area contributed by atoms with Crippen LogP contribution in [0.3, 0.4) is 0 Å². The van der Waals surface area contributed by atoms with Crippen molar-refractivity contribution in [3.05, 3.63) is 60.1 Å². The van der Waals surface area contributed by atoms with Crippen LogP contribution < -0.4 is 9.31 Å². The van der Waals surface area contributed by atoms with Crippen LogP contribution >= 0.6 is 0 Å². The van der Waals surface area contributed by atoms with Crippen LogP contribution in [0.5, 0.6) is 11.5 Å². The minimum absolute atomic E-state index is 0.104. The summed E-state index contributed by atoms with van der Waals surface area (Å²) < 4.78 is 23.6. The Hall–Kier alpha value is -2.82. The molecule has 0 fully saturated rings. The lowest BCUT2D eigenvalue weighted by Crippen LogP contribution is -2.12. The van der Waals surface area contributed by atoms with E-state index in [1.165, 1.54) is 0 Å². The summed E-state index contributed by atoms with van der Waals surface area (Å²) in [6.45, 7) is 4.09. The fourth-order valence-electron chi connectivity index (χ4n) is 3.07. The second kappa shape index (κ2) is 6.59. The topological polar surface area (TPSA) is 44.7 Å². The highest BCUT2D eigenvalue weighted by molar-refractivity contribution is 6.22. The van der Waals surface area contributed by atoms with Crippen molar-refractivity contribution in [3.8, 4) is 11.5 Å². The summed E-state index contributed by atoms with van der Waals surface area (Å²) in [5.74, 6) is 3.17. The van der Waals surface area contributed by atoms with Gasteiger partial charge in [0.1, 0.15) is 22.7 Å². The molecule has 0 spiro atoms. The Morgan fingerprint density at radius 1 is 0.720 bits per heavy atom. The number of hydrogen-bond acceptors (Lipinski definition) is 4. The third kappa shape index (κ3) is 2.76. The number of fused-ring (bicyclic) bond motifs is 2. The molecule has 126 valence electrons. The van der Waals surface area contributed by atoms with Crippen LogP contribution in [0.4, 0.5) is 0 Å². The molecule has 0 atom stereocenters. The molecule has 4 rings (SSSR count). The van der Waals surface area contributed by atoms with Crippen LogP contribution in [0, 0.1) is 0 Å². The minimum atomic E-state index is 0.104. The summed E-state index contributed by atoms with van der Waals surface area (Å²) in [6.07, 6.45) is 1.53. The van der Waals surface area contributed by atoms with E-state index in [-0.39, 0.29) is 7.69 Å². The van der Waals surface area contributed by atoms with Crippen molar-refractivity contribution in [2.45, 2.75) is 26.7 Å². The molecule has 0 amide bonds. The predicted octanol–water partition coefficient (Wildman–Crippen LogP) is 5.03. The Kier molecular flexibility index (Phi) is 4.14. The maximum absolute atomic E-state index is 5.95. The summed E-state index contributed by atoms with van der Waals surface area (Å²) in [7, 11) is 0.104. The maximum Gasteiger partial charge on any atom is 0.576 e. The molecule has 0 radical (unpaired) electrons. The lowest BCUT2D eigenvalue weighted by atomic mass is 10.2. The number of furan rings is 2. The van der Waals surface area contributed by atoms with Crippen molar-refractivity contribution in [1.29, 1.82) is 0 Å². The summed E-state index contributed by atoms with van der Waals surface area (Å²) in [5, 5.41) is 1.94. The standard InChI is InChI=1S/C20H19BO4/c1-3-15-19(13-9-5-7-11-17(13)22-15)24-21-25-20-14-10-6-8-12-18(14)23-16(20)4-2/h5-12,21H,3-4H2,1-2H3. The van der Waals surface area contributed by atoms with E-state index in [0.29, 0.717) is 0 Å². The number of rotatable bonds is 6. The molecule has 0 saturated carbocycles. The van der Waals surface area contributed by atoms with Gasteiger partial charge in [0.2, 0.25) is 0 Å². The van der Waals surface area contributed by atoms with Gasteiger partial charge in [0, 0.05) is 12.8 Å². The zero-order valence-electron chi connectivity index (χ0n) is 14.4. The number of para-hydroxylation sites is 2. The lowest BCUT2D eigenvalue weighted by molar-refractivity contribution is 0.432.